The number of halogens is 1. The third-order valence-electron chi connectivity index (χ3n) is 3.95. The van der Waals surface area contributed by atoms with Gasteiger partial charge in [-0.25, -0.2) is 8.42 Å². The van der Waals surface area contributed by atoms with Crippen LogP contribution in [0.25, 0.3) is 0 Å². The molecular weight excluding hydrogens is 370 g/mol. The largest absolute Gasteiger partial charge is 0.315 e. The van der Waals surface area contributed by atoms with Crippen molar-refractivity contribution in [1.82, 2.24) is 0 Å². The monoisotopic (exact) mass is 383 g/mol. The van der Waals surface area contributed by atoms with Crippen molar-refractivity contribution in [2.45, 2.75) is 24.6 Å². The van der Waals surface area contributed by atoms with Gasteiger partial charge in [0.05, 0.1) is 23.6 Å². The van der Waals surface area contributed by atoms with Crippen LogP contribution in [0.5, 0.6) is 0 Å². The van der Waals surface area contributed by atoms with Gasteiger partial charge in [0.15, 0.2) is 15.0 Å². The molecule has 3 rings (SSSR count). The zero-order valence-electron chi connectivity index (χ0n) is 12.8. The van der Waals surface area contributed by atoms with Crippen LogP contribution in [0.15, 0.2) is 23.2 Å². The zero-order valence-corrected chi connectivity index (χ0v) is 15.2. The number of aryl methyl sites for hydroxylation is 1. The number of fused-ring (bicyclic) bond motifs is 1. The van der Waals surface area contributed by atoms with Gasteiger partial charge in [0.2, 0.25) is 0 Å². The smallest absolute Gasteiger partial charge is 0.262 e. The fraction of sp³-hybridized carbons (Fsp3) is 0.400. The molecule has 126 valence electrons. The van der Waals surface area contributed by atoms with Crippen molar-refractivity contribution < 1.29 is 13.2 Å². The standard InChI is InChI=1S/C15H14ClN3O3S2/c1-9-2-3-10(16)6-11(9)19-12-7-24(21,22)8-13(12)23-15(19)18-14(20)4-5-17/h2-3,6,12-13H,4,7-8H2,1H3/t12-,13+/m0/s1. The summed E-state index contributed by atoms with van der Waals surface area (Å²) in [5, 5.41) is 9.42. The van der Waals surface area contributed by atoms with Crippen LogP contribution in [0.2, 0.25) is 5.02 Å². The molecule has 2 aliphatic rings. The molecule has 24 heavy (non-hydrogen) atoms. The fourth-order valence-electron chi connectivity index (χ4n) is 2.90. The third kappa shape index (κ3) is 3.29. The van der Waals surface area contributed by atoms with Gasteiger partial charge in [0.1, 0.15) is 6.42 Å². The van der Waals surface area contributed by atoms with E-state index >= 15 is 0 Å². The summed E-state index contributed by atoms with van der Waals surface area (Å²) in [5.74, 6) is -0.459. The summed E-state index contributed by atoms with van der Waals surface area (Å²) in [6, 6.07) is 6.83. The Morgan fingerprint density at radius 1 is 1.50 bits per heavy atom. The van der Waals surface area contributed by atoms with Crippen molar-refractivity contribution in [3.63, 3.8) is 0 Å². The lowest BCUT2D eigenvalue weighted by atomic mass is 10.1. The van der Waals surface area contributed by atoms with Crippen LogP contribution in [0.1, 0.15) is 12.0 Å². The molecule has 2 heterocycles. The molecule has 1 aromatic rings. The second-order valence-corrected chi connectivity index (χ2v) is 9.52. The minimum absolute atomic E-state index is 0.0160. The lowest BCUT2D eigenvalue weighted by Crippen LogP contribution is -2.38. The van der Waals surface area contributed by atoms with Crippen LogP contribution in [-0.2, 0) is 14.6 Å². The van der Waals surface area contributed by atoms with E-state index in [2.05, 4.69) is 4.99 Å². The molecule has 2 aliphatic heterocycles. The average molecular weight is 384 g/mol. The van der Waals surface area contributed by atoms with Gasteiger partial charge in [0, 0.05) is 16.0 Å². The van der Waals surface area contributed by atoms with E-state index in [9.17, 15) is 13.2 Å². The number of sulfone groups is 1. The van der Waals surface area contributed by atoms with E-state index in [-0.39, 0.29) is 29.2 Å². The summed E-state index contributed by atoms with van der Waals surface area (Å²) in [6.45, 7) is 1.89. The van der Waals surface area contributed by atoms with Crippen molar-refractivity contribution >= 4 is 50.0 Å². The van der Waals surface area contributed by atoms with Gasteiger partial charge < -0.3 is 4.90 Å². The highest BCUT2D eigenvalue weighted by Gasteiger charge is 2.49. The maximum absolute atomic E-state index is 12.0. The Morgan fingerprint density at radius 3 is 2.96 bits per heavy atom. The molecule has 0 bridgehead atoms. The first-order valence-electron chi connectivity index (χ1n) is 7.21. The number of nitriles is 1. The van der Waals surface area contributed by atoms with Crippen LogP contribution in [0.4, 0.5) is 5.69 Å². The number of nitrogens with zero attached hydrogens (tertiary/aromatic N) is 3. The van der Waals surface area contributed by atoms with E-state index in [4.69, 9.17) is 16.9 Å². The van der Waals surface area contributed by atoms with E-state index in [0.717, 1.165) is 11.3 Å². The van der Waals surface area contributed by atoms with Crippen LogP contribution >= 0.6 is 23.4 Å². The van der Waals surface area contributed by atoms with Gasteiger partial charge in [0.25, 0.3) is 5.91 Å². The number of carbonyl (C=O) groups excluding carboxylic acids is 1. The topological polar surface area (TPSA) is 90.6 Å². The number of amidine groups is 1. The predicted octanol–water partition coefficient (Wildman–Crippen LogP) is 2.16. The highest BCUT2D eigenvalue weighted by atomic mass is 35.5. The number of hydrogen-bond acceptors (Lipinski definition) is 5. The molecule has 0 aromatic heterocycles. The third-order valence-corrected chi connectivity index (χ3v) is 7.39. The van der Waals surface area contributed by atoms with Crippen LogP contribution in [-0.4, -0.2) is 42.3 Å². The molecule has 2 atom stereocenters. The first kappa shape index (κ1) is 17.3. The van der Waals surface area contributed by atoms with Crippen LogP contribution in [0.3, 0.4) is 0 Å². The van der Waals surface area contributed by atoms with Crippen molar-refractivity contribution in [3.8, 4) is 6.07 Å². The van der Waals surface area contributed by atoms with Gasteiger partial charge in [-0.05, 0) is 24.6 Å². The minimum Gasteiger partial charge on any atom is -0.315 e. The normalized spacial score (nSPS) is 26.4. The van der Waals surface area contributed by atoms with Gasteiger partial charge in [-0.2, -0.15) is 10.3 Å². The van der Waals surface area contributed by atoms with Crippen molar-refractivity contribution in [1.29, 1.82) is 5.26 Å². The van der Waals surface area contributed by atoms with Gasteiger partial charge >= 0.3 is 0 Å². The van der Waals surface area contributed by atoms with Crippen molar-refractivity contribution in [2.75, 3.05) is 16.4 Å². The summed E-state index contributed by atoms with van der Waals surface area (Å²) < 4.78 is 24.0. The molecular formula is C15H14ClN3O3S2. The number of anilines is 1. The molecule has 0 N–H and O–H groups in total. The summed E-state index contributed by atoms with van der Waals surface area (Å²) in [7, 11) is -3.12. The minimum atomic E-state index is -3.12. The van der Waals surface area contributed by atoms with E-state index in [1.807, 2.05) is 13.0 Å². The van der Waals surface area contributed by atoms with Crippen molar-refractivity contribution in [2.24, 2.45) is 4.99 Å². The maximum Gasteiger partial charge on any atom is 0.262 e. The number of aliphatic imine (C=N–C) groups is 1. The molecule has 0 radical (unpaired) electrons. The number of benzene rings is 1. The number of hydrogen-bond donors (Lipinski definition) is 0. The Kier molecular flexibility index (Phi) is 4.60. The number of carbonyl (C=O) groups is 1. The number of thioether (sulfide) groups is 1. The second kappa shape index (κ2) is 6.39. The number of rotatable bonds is 2. The van der Waals surface area contributed by atoms with Gasteiger partial charge in [-0.1, -0.05) is 29.4 Å². The first-order chi connectivity index (χ1) is 11.3. The molecule has 0 saturated carbocycles. The Bertz CT molecular complexity index is 876. The van der Waals surface area contributed by atoms with Crippen LogP contribution < -0.4 is 4.90 Å². The van der Waals surface area contributed by atoms with E-state index < -0.39 is 15.7 Å². The lowest BCUT2D eigenvalue weighted by Gasteiger charge is -2.26. The molecule has 6 nitrogen and oxygen atoms in total. The molecule has 0 spiro atoms. The Labute approximate surface area is 149 Å². The molecule has 1 amide bonds. The summed E-state index contributed by atoms with van der Waals surface area (Å²) in [4.78, 5) is 17.6. The van der Waals surface area contributed by atoms with Crippen LogP contribution in [0, 0.1) is 18.3 Å². The number of amides is 1. The van der Waals surface area contributed by atoms with Crippen molar-refractivity contribution in [3.05, 3.63) is 28.8 Å². The SMILES string of the molecule is Cc1ccc(Cl)cc1N1C(=NC(=O)CC#N)S[C@@H]2CS(=O)(=O)C[C@@H]21. The lowest BCUT2D eigenvalue weighted by molar-refractivity contribution is -0.116. The molecule has 0 unspecified atom stereocenters. The Balaban J connectivity index is 2.06. The molecule has 9 heteroatoms. The highest BCUT2D eigenvalue weighted by Crippen LogP contribution is 2.42. The first-order valence-corrected chi connectivity index (χ1v) is 10.3. The van der Waals surface area contributed by atoms with E-state index in [1.165, 1.54) is 11.8 Å². The average Bonchev–Trinajstić information content (AvgIpc) is 2.93. The highest BCUT2D eigenvalue weighted by molar-refractivity contribution is 8.16. The maximum atomic E-state index is 12.0. The van der Waals surface area contributed by atoms with Gasteiger partial charge in [-0.3, -0.25) is 4.79 Å². The van der Waals surface area contributed by atoms with E-state index in [0.29, 0.717) is 10.2 Å². The molecule has 2 fully saturated rings. The molecule has 1 aromatic carbocycles. The summed E-state index contributed by atoms with van der Waals surface area (Å²) in [6.07, 6.45) is -0.305. The summed E-state index contributed by atoms with van der Waals surface area (Å²) >= 11 is 7.37. The fourth-order valence-corrected chi connectivity index (χ4v) is 6.99. The van der Waals surface area contributed by atoms with E-state index in [1.54, 1.807) is 23.1 Å². The zero-order chi connectivity index (χ0) is 17.5. The van der Waals surface area contributed by atoms with Gasteiger partial charge in [-0.15, -0.1) is 0 Å². The predicted molar refractivity (Wildman–Crippen MR) is 95.2 cm³/mol. The summed E-state index contributed by atoms with van der Waals surface area (Å²) in [5.41, 5.74) is 1.65. The molecule has 2 saturated heterocycles. The Morgan fingerprint density at radius 2 is 2.25 bits per heavy atom. The quantitative estimate of drug-likeness (QED) is 0.777. The second-order valence-electron chi connectivity index (χ2n) is 5.72. The molecule has 0 aliphatic carbocycles. The Hall–Kier alpha value is -1.56.